The second-order valence-corrected chi connectivity index (χ2v) is 5.87. The number of nitrogens with one attached hydrogen (secondary N) is 2. The van der Waals surface area contributed by atoms with Gasteiger partial charge < -0.3 is 20.3 Å². The van der Waals surface area contributed by atoms with Crippen LogP contribution in [0, 0.1) is 17.6 Å². The van der Waals surface area contributed by atoms with E-state index in [2.05, 4.69) is 10.6 Å². The molecule has 1 atom stereocenters. The number of piperidine rings is 1. The summed E-state index contributed by atoms with van der Waals surface area (Å²) in [4.78, 5) is 37.2. The molecule has 1 fully saturated rings. The monoisotopic (exact) mass is 369 g/mol. The van der Waals surface area contributed by atoms with Gasteiger partial charge in [-0.25, -0.2) is 13.6 Å². The normalized spacial score (nSPS) is 16.7. The maximum atomic E-state index is 13.1. The Hall–Kier alpha value is -2.71. The number of urea groups is 1. The molecule has 1 aromatic rings. The van der Waals surface area contributed by atoms with E-state index in [0.29, 0.717) is 19.4 Å². The highest BCUT2D eigenvalue weighted by molar-refractivity contribution is 5.94. The van der Waals surface area contributed by atoms with Gasteiger partial charge in [0.25, 0.3) is 0 Å². The van der Waals surface area contributed by atoms with E-state index >= 15 is 0 Å². The Labute approximate surface area is 149 Å². The Morgan fingerprint density at radius 2 is 2.04 bits per heavy atom. The van der Waals surface area contributed by atoms with Crippen molar-refractivity contribution in [1.82, 2.24) is 10.2 Å². The first-order valence-electron chi connectivity index (χ1n) is 8.35. The Morgan fingerprint density at radius 3 is 2.73 bits per heavy atom. The maximum absolute atomic E-state index is 13.1. The molecule has 1 saturated heterocycles. The number of ether oxygens (including phenoxy) is 1. The average molecular weight is 369 g/mol. The van der Waals surface area contributed by atoms with Gasteiger partial charge in [0.1, 0.15) is 0 Å². The molecular weight excluding hydrogens is 348 g/mol. The lowest BCUT2D eigenvalue weighted by Crippen LogP contribution is -2.48. The van der Waals surface area contributed by atoms with Crippen LogP contribution in [0.5, 0.6) is 0 Å². The zero-order valence-corrected chi connectivity index (χ0v) is 14.4. The number of anilines is 1. The molecule has 2 N–H and O–H groups in total. The van der Waals surface area contributed by atoms with Crippen molar-refractivity contribution < 1.29 is 27.9 Å². The number of carbonyl (C=O) groups is 3. The van der Waals surface area contributed by atoms with E-state index < -0.39 is 23.6 Å². The number of halogens is 2. The molecule has 0 spiro atoms. The second kappa shape index (κ2) is 9.12. The highest BCUT2D eigenvalue weighted by Crippen LogP contribution is 2.18. The van der Waals surface area contributed by atoms with Crippen molar-refractivity contribution in [2.24, 2.45) is 5.92 Å². The quantitative estimate of drug-likeness (QED) is 0.776. The van der Waals surface area contributed by atoms with Gasteiger partial charge in [0.2, 0.25) is 5.91 Å². The van der Waals surface area contributed by atoms with Crippen LogP contribution in [0.25, 0.3) is 0 Å². The van der Waals surface area contributed by atoms with Crippen molar-refractivity contribution in [2.75, 3.05) is 31.6 Å². The van der Waals surface area contributed by atoms with Crippen LogP contribution in [0.15, 0.2) is 18.2 Å². The minimum Gasteiger partial charge on any atom is -0.466 e. The smallest absolute Gasteiger partial charge is 0.317 e. The van der Waals surface area contributed by atoms with Crippen LogP contribution in [0.1, 0.15) is 19.8 Å². The van der Waals surface area contributed by atoms with Gasteiger partial charge in [0, 0.05) is 24.8 Å². The third-order valence-electron chi connectivity index (χ3n) is 3.93. The van der Waals surface area contributed by atoms with Gasteiger partial charge in [-0.3, -0.25) is 9.59 Å². The number of amides is 3. The van der Waals surface area contributed by atoms with Gasteiger partial charge in [-0.05, 0) is 31.9 Å². The molecule has 1 aliphatic rings. The largest absolute Gasteiger partial charge is 0.466 e. The van der Waals surface area contributed by atoms with Crippen LogP contribution in [-0.4, -0.2) is 49.0 Å². The minimum absolute atomic E-state index is 0.0866. The van der Waals surface area contributed by atoms with Gasteiger partial charge in [0.05, 0.1) is 19.1 Å². The van der Waals surface area contributed by atoms with Gasteiger partial charge >= 0.3 is 12.0 Å². The molecule has 0 bridgehead atoms. The second-order valence-electron chi connectivity index (χ2n) is 5.87. The number of nitrogens with zero attached hydrogens (tertiary/aromatic N) is 1. The molecule has 0 aliphatic carbocycles. The lowest BCUT2D eigenvalue weighted by molar-refractivity contribution is -0.149. The fourth-order valence-electron chi connectivity index (χ4n) is 2.66. The van der Waals surface area contributed by atoms with Crippen molar-refractivity contribution in [2.45, 2.75) is 19.8 Å². The summed E-state index contributed by atoms with van der Waals surface area (Å²) in [7, 11) is 0. The van der Waals surface area contributed by atoms with Crippen LogP contribution >= 0.6 is 0 Å². The number of carbonyl (C=O) groups excluding carboxylic acids is 3. The summed E-state index contributed by atoms with van der Waals surface area (Å²) < 4.78 is 30.9. The van der Waals surface area contributed by atoms with Crippen LogP contribution in [0.3, 0.4) is 0 Å². The maximum Gasteiger partial charge on any atom is 0.317 e. The van der Waals surface area contributed by atoms with Crippen molar-refractivity contribution in [3.63, 3.8) is 0 Å². The molecule has 142 valence electrons. The summed E-state index contributed by atoms with van der Waals surface area (Å²) in [6.45, 7) is 2.38. The van der Waals surface area contributed by atoms with Crippen LogP contribution in [0.2, 0.25) is 0 Å². The molecule has 26 heavy (non-hydrogen) atoms. The summed E-state index contributed by atoms with van der Waals surface area (Å²) in [5.41, 5.74) is 0.0866. The summed E-state index contributed by atoms with van der Waals surface area (Å²) >= 11 is 0. The van der Waals surface area contributed by atoms with Gasteiger partial charge in [0.15, 0.2) is 11.6 Å². The molecule has 0 radical (unpaired) electrons. The zero-order valence-electron chi connectivity index (χ0n) is 14.4. The first-order valence-corrected chi connectivity index (χ1v) is 8.35. The molecule has 9 heteroatoms. The number of hydrogen-bond donors (Lipinski definition) is 2. The number of esters is 1. The van der Waals surface area contributed by atoms with Crippen LogP contribution in [0.4, 0.5) is 19.3 Å². The Balaban J connectivity index is 1.80. The van der Waals surface area contributed by atoms with Gasteiger partial charge in [-0.1, -0.05) is 0 Å². The molecule has 0 saturated carbocycles. The molecular formula is C17H21F2N3O4. The average Bonchev–Trinajstić information content (AvgIpc) is 2.63. The fraction of sp³-hybridized carbons (Fsp3) is 0.471. The Bertz CT molecular complexity index is 684. The molecule has 1 heterocycles. The summed E-state index contributed by atoms with van der Waals surface area (Å²) in [5, 5.41) is 4.80. The highest BCUT2D eigenvalue weighted by Gasteiger charge is 2.29. The van der Waals surface area contributed by atoms with Crippen LogP contribution < -0.4 is 10.6 Å². The molecule has 0 aromatic heterocycles. The number of rotatable bonds is 5. The zero-order chi connectivity index (χ0) is 19.1. The number of likely N-dealkylation sites (tertiary alicyclic amines) is 1. The molecule has 2 rings (SSSR count). The van der Waals surface area contributed by atoms with Gasteiger partial charge in [-0.15, -0.1) is 0 Å². The predicted molar refractivity (Wildman–Crippen MR) is 89.3 cm³/mol. The Morgan fingerprint density at radius 1 is 1.27 bits per heavy atom. The third kappa shape index (κ3) is 5.40. The van der Waals surface area contributed by atoms with E-state index in [-0.39, 0.29) is 37.3 Å². The lowest BCUT2D eigenvalue weighted by Gasteiger charge is -2.31. The minimum atomic E-state index is -1.08. The predicted octanol–water partition coefficient (Wildman–Crippen LogP) is 1.89. The highest BCUT2D eigenvalue weighted by atomic mass is 19.2. The van der Waals surface area contributed by atoms with Crippen molar-refractivity contribution in [3.8, 4) is 0 Å². The van der Waals surface area contributed by atoms with Crippen molar-refractivity contribution in [1.29, 1.82) is 0 Å². The summed E-state index contributed by atoms with van der Waals surface area (Å²) in [5.74, 6) is -3.38. The first-order chi connectivity index (χ1) is 12.4. The van der Waals surface area contributed by atoms with Gasteiger partial charge in [-0.2, -0.15) is 0 Å². The van der Waals surface area contributed by atoms with E-state index in [0.717, 1.165) is 12.1 Å². The molecule has 1 aliphatic heterocycles. The molecule has 1 aromatic carbocycles. The molecule has 0 unspecified atom stereocenters. The van der Waals surface area contributed by atoms with Crippen molar-refractivity contribution >= 4 is 23.6 Å². The topological polar surface area (TPSA) is 87.7 Å². The lowest BCUT2D eigenvalue weighted by atomic mass is 9.98. The standard InChI is InChI=1S/C17H21F2N3O4/c1-2-26-16(24)11-4-3-7-22(10-11)17(25)20-9-15(23)21-12-5-6-13(18)14(19)8-12/h5-6,8,11H,2-4,7,9-10H2,1H3,(H,20,25)(H,21,23)/t11-/m0/s1. The first kappa shape index (κ1) is 19.6. The van der Waals surface area contributed by atoms with E-state index in [1.807, 2.05) is 0 Å². The Kier molecular flexibility index (Phi) is 6.88. The van der Waals surface area contributed by atoms with E-state index in [1.54, 1.807) is 6.92 Å². The fourth-order valence-corrected chi connectivity index (χ4v) is 2.66. The summed E-state index contributed by atoms with van der Waals surface area (Å²) in [6.07, 6.45) is 1.32. The summed E-state index contributed by atoms with van der Waals surface area (Å²) in [6, 6.07) is 2.49. The third-order valence-corrected chi connectivity index (χ3v) is 3.93. The van der Waals surface area contributed by atoms with Crippen LogP contribution in [-0.2, 0) is 14.3 Å². The molecule has 7 nitrogen and oxygen atoms in total. The molecule has 3 amide bonds. The van der Waals surface area contributed by atoms with Crippen molar-refractivity contribution in [3.05, 3.63) is 29.8 Å². The number of benzene rings is 1. The van der Waals surface area contributed by atoms with E-state index in [1.165, 1.54) is 11.0 Å². The van der Waals surface area contributed by atoms with E-state index in [4.69, 9.17) is 4.74 Å². The number of hydrogen-bond acceptors (Lipinski definition) is 4. The SMILES string of the molecule is CCOC(=O)[C@H]1CCCN(C(=O)NCC(=O)Nc2ccc(F)c(F)c2)C1. The van der Waals surface area contributed by atoms with E-state index in [9.17, 15) is 23.2 Å².